The Hall–Kier alpha value is -2.17. The first-order chi connectivity index (χ1) is 12.1. The molecule has 0 aromatic heterocycles. The fourth-order valence-corrected chi connectivity index (χ4v) is 3.26. The standard InChI is InChI=1S/C21H26N2O2/c1-16-6-8-17(9-7-16)12-21(25)22-13-20(24)15-23-11-10-18-4-2-3-5-19(18)14-23/h2-9,20,24H,10-15H2,1H3,(H,22,25). The van der Waals surface area contributed by atoms with Crippen LogP contribution in [0.15, 0.2) is 48.5 Å². The number of nitrogens with one attached hydrogen (secondary N) is 1. The fourth-order valence-electron chi connectivity index (χ4n) is 3.26. The van der Waals surface area contributed by atoms with Crippen LogP contribution in [-0.4, -0.2) is 41.7 Å². The Kier molecular flexibility index (Phi) is 5.84. The van der Waals surface area contributed by atoms with Gasteiger partial charge in [0, 0.05) is 26.2 Å². The largest absolute Gasteiger partial charge is 0.390 e. The molecule has 4 nitrogen and oxygen atoms in total. The van der Waals surface area contributed by atoms with Gasteiger partial charge in [0.2, 0.25) is 5.91 Å². The first kappa shape index (κ1) is 17.6. The SMILES string of the molecule is Cc1ccc(CC(=O)NCC(O)CN2CCc3ccccc3C2)cc1. The van der Waals surface area contributed by atoms with Crippen molar-refractivity contribution in [2.24, 2.45) is 0 Å². The number of amides is 1. The summed E-state index contributed by atoms with van der Waals surface area (Å²) in [5.41, 5.74) is 4.91. The highest BCUT2D eigenvalue weighted by atomic mass is 16.3. The Labute approximate surface area is 149 Å². The molecule has 1 amide bonds. The summed E-state index contributed by atoms with van der Waals surface area (Å²) in [7, 11) is 0. The average molecular weight is 338 g/mol. The lowest BCUT2D eigenvalue weighted by atomic mass is 10.00. The zero-order chi connectivity index (χ0) is 17.6. The Morgan fingerprint density at radius 2 is 1.88 bits per heavy atom. The summed E-state index contributed by atoms with van der Waals surface area (Å²) in [6.07, 6.45) is 0.819. The van der Waals surface area contributed by atoms with Gasteiger partial charge in [0.15, 0.2) is 0 Å². The number of benzene rings is 2. The molecule has 0 aliphatic carbocycles. The van der Waals surface area contributed by atoms with Crippen LogP contribution in [-0.2, 0) is 24.2 Å². The van der Waals surface area contributed by atoms with Crippen molar-refractivity contribution in [3.05, 3.63) is 70.8 Å². The van der Waals surface area contributed by atoms with Gasteiger partial charge in [-0.15, -0.1) is 0 Å². The minimum Gasteiger partial charge on any atom is -0.390 e. The number of β-amino-alcohol motifs (C(OH)–C–C–N with tert-alkyl or cyclic N) is 1. The van der Waals surface area contributed by atoms with E-state index in [1.54, 1.807) is 0 Å². The number of hydrogen-bond donors (Lipinski definition) is 2. The van der Waals surface area contributed by atoms with E-state index in [1.165, 1.54) is 16.7 Å². The Balaban J connectivity index is 1.41. The second kappa shape index (κ2) is 8.28. The predicted octanol–water partition coefficient (Wildman–Crippen LogP) is 2.07. The van der Waals surface area contributed by atoms with Gasteiger partial charge in [-0.25, -0.2) is 0 Å². The summed E-state index contributed by atoms with van der Waals surface area (Å²) < 4.78 is 0. The number of aryl methyl sites for hydroxylation is 1. The van der Waals surface area contributed by atoms with E-state index in [0.717, 1.165) is 25.1 Å². The summed E-state index contributed by atoms with van der Waals surface area (Å²) in [6, 6.07) is 16.4. The average Bonchev–Trinajstić information content (AvgIpc) is 2.62. The van der Waals surface area contributed by atoms with Gasteiger partial charge in [0.1, 0.15) is 0 Å². The molecule has 2 N–H and O–H groups in total. The van der Waals surface area contributed by atoms with Gasteiger partial charge in [-0.2, -0.15) is 0 Å². The van der Waals surface area contributed by atoms with Crippen LogP contribution < -0.4 is 5.32 Å². The van der Waals surface area contributed by atoms with E-state index in [0.29, 0.717) is 19.5 Å². The minimum atomic E-state index is -0.549. The Morgan fingerprint density at radius 3 is 2.64 bits per heavy atom. The third kappa shape index (κ3) is 5.15. The predicted molar refractivity (Wildman–Crippen MR) is 99.3 cm³/mol. The van der Waals surface area contributed by atoms with Gasteiger partial charge in [-0.1, -0.05) is 54.1 Å². The lowest BCUT2D eigenvalue weighted by Gasteiger charge is -2.30. The monoisotopic (exact) mass is 338 g/mol. The maximum Gasteiger partial charge on any atom is 0.224 e. The van der Waals surface area contributed by atoms with Gasteiger partial charge < -0.3 is 10.4 Å². The molecule has 3 rings (SSSR count). The van der Waals surface area contributed by atoms with Crippen molar-refractivity contribution in [2.45, 2.75) is 32.4 Å². The molecule has 0 radical (unpaired) electrons. The topological polar surface area (TPSA) is 52.6 Å². The van der Waals surface area contributed by atoms with Gasteiger partial charge in [0.05, 0.1) is 12.5 Å². The number of hydrogen-bond acceptors (Lipinski definition) is 3. The van der Waals surface area contributed by atoms with Gasteiger partial charge >= 0.3 is 0 Å². The number of nitrogens with zero attached hydrogens (tertiary/aromatic N) is 1. The summed E-state index contributed by atoms with van der Waals surface area (Å²) in [4.78, 5) is 14.3. The van der Waals surface area contributed by atoms with E-state index in [2.05, 4.69) is 34.5 Å². The Bertz CT molecular complexity index is 712. The highest BCUT2D eigenvalue weighted by molar-refractivity contribution is 5.78. The first-order valence-electron chi connectivity index (χ1n) is 8.89. The molecule has 0 saturated carbocycles. The van der Waals surface area contributed by atoms with Gasteiger partial charge in [-0.3, -0.25) is 9.69 Å². The normalized spacial score (nSPS) is 15.4. The van der Waals surface area contributed by atoms with Gasteiger partial charge in [0.25, 0.3) is 0 Å². The molecule has 0 fully saturated rings. The lowest BCUT2D eigenvalue weighted by Crippen LogP contribution is -2.42. The lowest BCUT2D eigenvalue weighted by molar-refractivity contribution is -0.121. The van der Waals surface area contributed by atoms with Crippen LogP contribution in [0.25, 0.3) is 0 Å². The molecule has 1 atom stereocenters. The molecule has 2 aromatic rings. The van der Waals surface area contributed by atoms with Crippen LogP contribution in [0.4, 0.5) is 0 Å². The van der Waals surface area contributed by atoms with E-state index in [-0.39, 0.29) is 5.91 Å². The zero-order valence-corrected chi connectivity index (χ0v) is 14.7. The second-order valence-corrected chi connectivity index (χ2v) is 6.87. The highest BCUT2D eigenvalue weighted by Gasteiger charge is 2.18. The fraction of sp³-hybridized carbons (Fsp3) is 0.381. The molecule has 1 aliphatic rings. The molecule has 2 aromatic carbocycles. The van der Waals surface area contributed by atoms with Crippen LogP contribution in [0.1, 0.15) is 22.3 Å². The molecule has 0 saturated heterocycles. The van der Waals surface area contributed by atoms with Crippen molar-refractivity contribution in [3.8, 4) is 0 Å². The van der Waals surface area contributed by atoms with E-state index in [4.69, 9.17) is 0 Å². The third-order valence-corrected chi connectivity index (χ3v) is 4.70. The molecular formula is C21H26N2O2. The second-order valence-electron chi connectivity index (χ2n) is 6.87. The van der Waals surface area contributed by atoms with E-state index in [9.17, 15) is 9.90 Å². The van der Waals surface area contributed by atoms with E-state index < -0.39 is 6.10 Å². The van der Waals surface area contributed by atoms with E-state index >= 15 is 0 Å². The summed E-state index contributed by atoms with van der Waals surface area (Å²) >= 11 is 0. The van der Waals surface area contributed by atoms with Crippen LogP contribution in [0.3, 0.4) is 0 Å². The van der Waals surface area contributed by atoms with Crippen molar-refractivity contribution in [1.29, 1.82) is 0 Å². The summed E-state index contributed by atoms with van der Waals surface area (Å²) in [5.74, 6) is -0.0492. The number of aliphatic hydroxyl groups excluding tert-OH is 1. The molecule has 4 heteroatoms. The Morgan fingerprint density at radius 1 is 1.16 bits per heavy atom. The third-order valence-electron chi connectivity index (χ3n) is 4.70. The van der Waals surface area contributed by atoms with Crippen molar-refractivity contribution in [2.75, 3.05) is 19.6 Å². The van der Waals surface area contributed by atoms with Crippen LogP contribution in [0, 0.1) is 6.92 Å². The number of carbonyl (C=O) groups is 1. The smallest absolute Gasteiger partial charge is 0.224 e. The molecule has 1 heterocycles. The van der Waals surface area contributed by atoms with Crippen LogP contribution >= 0.6 is 0 Å². The quantitative estimate of drug-likeness (QED) is 0.848. The van der Waals surface area contributed by atoms with Crippen molar-refractivity contribution in [3.63, 3.8) is 0 Å². The van der Waals surface area contributed by atoms with Crippen molar-refractivity contribution < 1.29 is 9.90 Å². The molecule has 0 spiro atoms. The molecule has 1 unspecified atom stereocenters. The minimum absolute atomic E-state index is 0.0492. The van der Waals surface area contributed by atoms with E-state index in [1.807, 2.05) is 31.2 Å². The summed E-state index contributed by atoms with van der Waals surface area (Å²) in [6.45, 7) is 4.72. The van der Waals surface area contributed by atoms with Crippen molar-refractivity contribution in [1.82, 2.24) is 10.2 Å². The number of fused-ring (bicyclic) bond motifs is 1. The number of rotatable bonds is 6. The van der Waals surface area contributed by atoms with Crippen molar-refractivity contribution >= 4 is 5.91 Å². The van der Waals surface area contributed by atoms with Crippen LogP contribution in [0.2, 0.25) is 0 Å². The van der Waals surface area contributed by atoms with Gasteiger partial charge in [-0.05, 0) is 30.0 Å². The summed E-state index contributed by atoms with van der Waals surface area (Å²) in [5, 5.41) is 13.1. The number of aliphatic hydroxyl groups is 1. The highest BCUT2D eigenvalue weighted by Crippen LogP contribution is 2.18. The number of carbonyl (C=O) groups excluding carboxylic acids is 1. The van der Waals surface area contributed by atoms with Crippen LogP contribution in [0.5, 0.6) is 0 Å². The molecular weight excluding hydrogens is 312 g/mol. The molecule has 25 heavy (non-hydrogen) atoms. The zero-order valence-electron chi connectivity index (χ0n) is 14.7. The molecule has 1 aliphatic heterocycles. The maximum absolute atomic E-state index is 12.0. The molecule has 132 valence electrons. The first-order valence-corrected chi connectivity index (χ1v) is 8.89. The molecule has 0 bridgehead atoms. The maximum atomic E-state index is 12.0.